The number of ether oxygens (including phenoxy) is 1. The van der Waals surface area contributed by atoms with Gasteiger partial charge >= 0.3 is 12.1 Å². The van der Waals surface area contributed by atoms with Crippen LogP contribution in [0.5, 0.6) is 0 Å². The van der Waals surface area contributed by atoms with Gasteiger partial charge in [-0.15, -0.1) is 0 Å². The average Bonchev–Trinajstić information content (AvgIpc) is 2.79. The molecule has 2 N–H and O–H groups in total. The van der Waals surface area contributed by atoms with Crippen LogP contribution in [-0.2, 0) is 10.9 Å². The lowest BCUT2D eigenvalue weighted by Crippen LogP contribution is -2.06. The molecule has 0 bridgehead atoms. The van der Waals surface area contributed by atoms with Crippen LogP contribution in [0.2, 0.25) is 0 Å². The predicted molar refractivity (Wildman–Crippen MR) is 62.7 cm³/mol. The molecule has 0 aliphatic heterocycles. The lowest BCUT2D eigenvalue weighted by Gasteiger charge is -2.08. The van der Waals surface area contributed by atoms with E-state index in [1.54, 1.807) is 0 Å². The van der Waals surface area contributed by atoms with E-state index in [0.717, 1.165) is 19.2 Å². The van der Waals surface area contributed by atoms with Gasteiger partial charge in [-0.3, -0.25) is 0 Å². The predicted octanol–water partition coefficient (Wildman–Crippen LogP) is 2.73. The molecule has 0 radical (unpaired) electrons. The van der Waals surface area contributed by atoms with E-state index >= 15 is 0 Å². The fourth-order valence-electron chi connectivity index (χ4n) is 1.67. The summed E-state index contributed by atoms with van der Waals surface area (Å²) in [6.45, 7) is 0. The summed E-state index contributed by atoms with van der Waals surface area (Å²) in [5, 5.41) is 3.40. The Morgan fingerprint density at radius 1 is 1.40 bits per heavy atom. The first-order chi connectivity index (χ1) is 9.34. The number of nitrogens with zero attached hydrogens (tertiary/aromatic N) is 1. The Kier molecular flexibility index (Phi) is 3.39. The fraction of sp³-hybridized carbons (Fsp3) is 0.167. The summed E-state index contributed by atoms with van der Waals surface area (Å²) >= 11 is 0. The molecule has 1 aromatic carbocycles. The zero-order valence-electron chi connectivity index (χ0n) is 10.2. The van der Waals surface area contributed by atoms with Crippen LogP contribution in [0.3, 0.4) is 0 Å². The number of nitrogen functional groups attached to an aromatic ring is 1. The Balaban J connectivity index is 2.58. The number of aromatic nitrogens is 1. The number of esters is 1. The number of nitrogens with two attached hydrogens (primary N) is 1. The summed E-state index contributed by atoms with van der Waals surface area (Å²) < 4.78 is 47.1. The molecular formula is C12H9F3N2O3. The molecule has 0 aliphatic rings. The molecule has 2 aromatic rings. The van der Waals surface area contributed by atoms with Gasteiger partial charge in [-0.1, -0.05) is 17.3 Å². The van der Waals surface area contributed by atoms with Crippen molar-refractivity contribution < 1.29 is 27.2 Å². The van der Waals surface area contributed by atoms with E-state index in [4.69, 9.17) is 5.73 Å². The second kappa shape index (κ2) is 4.87. The van der Waals surface area contributed by atoms with Crippen LogP contribution in [0.4, 0.5) is 19.1 Å². The Bertz CT molecular complexity index is 650. The summed E-state index contributed by atoms with van der Waals surface area (Å²) in [5.41, 5.74) is 4.41. The highest BCUT2D eigenvalue weighted by Gasteiger charge is 2.31. The monoisotopic (exact) mass is 286 g/mol. The van der Waals surface area contributed by atoms with Gasteiger partial charge in [0.2, 0.25) is 11.6 Å². The molecule has 0 aliphatic carbocycles. The van der Waals surface area contributed by atoms with Gasteiger partial charge in [0.05, 0.1) is 18.2 Å². The first-order valence-corrected chi connectivity index (χ1v) is 5.35. The standard InChI is InChI=1S/C12H9F3N2O3/c1-19-11(18)9-8(10(16)20-17-9)6-3-2-4-7(5-6)12(13,14)15/h2-5H,16H2,1H3. The van der Waals surface area contributed by atoms with Crippen LogP contribution in [0.1, 0.15) is 16.1 Å². The third-order valence-electron chi connectivity index (χ3n) is 2.58. The summed E-state index contributed by atoms with van der Waals surface area (Å²) in [4.78, 5) is 11.5. The molecule has 106 valence electrons. The molecule has 0 atom stereocenters. The van der Waals surface area contributed by atoms with Gasteiger partial charge < -0.3 is 15.0 Å². The lowest BCUT2D eigenvalue weighted by atomic mass is 10.0. The number of carbonyl (C=O) groups is 1. The number of carbonyl (C=O) groups excluding carboxylic acids is 1. The van der Waals surface area contributed by atoms with Crippen molar-refractivity contribution in [3.05, 3.63) is 35.5 Å². The molecule has 0 amide bonds. The molecule has 8 heteroatoms. The summed E-state index contributed by atoms with van der Waals surface area (Å²) in [6, 6.07) is 4.33. The average molecular weight is 286 g/mol. The molecule has 0 saturated heterocycles. The van der Waals surface area contributed by atoms with Gasteiger partial charge in [0.15, 0.2) is 0 Å². The van der Waals surface area contributed by atoms with E-state index in [-0.39, 0.29) is 22.7 Å². The highest BCUT2D eigenvalue weighted by Crippen LogP contribution is 2.35. The molecule has 1 heterocycles. The van der Waals surface area contributed by atoms with E-state index in [9.17, 15) is 18.0 Å². The molecule has 5 nitrogen and oxygen atoms in total. The number of hydrogen-bond acceptors (Lipinski definition) is 5. The number of anilines is 1. The van der Waals surface area contributed by atoms with Crippen LogP contribution >= 0.6 is 0 Å². The van der Waals surface area contributed by atoms with Gasteiger partial charge in [-0.2, -0.15) is 13.2 Å². The molecule has 0 fully saturated rings. The number of alkyl halides is 3. The number of methoxy groups -OCH3 is 1. The van der Waals surface area contributed by atoms with E-state index < -0.39 is 17.7 Å². The maximum atomic E-state index is 12.7. The number of halogens is 3. The van der Waals surface area contributed by atoms with E-state index in [1.165, 1.54) is 12.1 Å². The first-order valence-electron chi connectivity index (χ1n) is 5.35. The van der Waals surface area contributed by atoms with E-state index in [0.29, 0.717) is 0 Å². The van der Waals surface area contributed by atoms with Crippen LogP contribution in [0.25, 0.3) is 11.1 Å². The van der Waals surface area contributed by atoms with Crippen molar-refractivity contribution in [2.75, 3.05) is 12.8 Å². The Morgan fingerprint density at radius 3 is 2.70 bits per heavy atom. The van der Waals surface area contributed by atoms with Gasteiger partial charge in [0.25, 0.3) is 0 Å². The van der Waals surface area contributed by atoms with Crippen molar-refractivity contribution in [2.45, 2.75) is 6.18 Å². The quantitative estimate of drug-likeness (QED) is 0.859. The van der Waals surface area contributed by atoms with Gasteiger partial charge in [0.1, 0.15) is 0 Å². The zero-order valence-corrected chi connectivity index (χ0v) is 10.2. The molecule has 0 unspecified atom stereocenters. The van der Waals surface area contributed by atoms with E-state index in [2.05, 4.69) is 14.4 Å². The van der Waals surface area contributed by atoms with Crippen molar-refractivity contribution in [3.63, 3.8) is 0 Å². The van der Waals surface area contributed by atoms with Crippen molar-refractivity contribution in [3.8, 4) is 11.1 Å². The minimum Gasteiger partial charge on any atom is -0.464 e. The van der Waals surface area contributed by atoms with E-state index in [1.807, 2.05) is 0 Å². The van der Waals surface area contributed by atoms with Crippen molar-refractivity contribution in [1.82, 2.24) is 5.16 Å². The highest BCUT2D eigenvalue weighted by atomic mass is 19.4. The number of benzene rings is 1. The van der Waals surface area contributed by atoms with Crippen molar-refractivity contribution in [1.29, 1.82) is 0 Å². The summed E-state index contributed by atoms with van der Waals surface area (Å²) in [5.74, 6) is -1.11. The molecule has 1 aromatic heterocycles. The van der Waals surface area contributed by atoms with Crippen molar-refractivity contribution >= 4 is 11.9 Å². The van der Waals surface area contributed by atoms with Crippen LogP contribution in [-0.4, -0.2) is 18.2 Å². The Labute approximate surface area is 111 Å². The SMILES string of the molecule is COC(=O)c1noc(N)c1-c1cccc(C(F)(F)F)c1. The van der Waals surface area contributed by atoms with Crippen LogP contribution in [0.15, 0.2) is 28.8 Å². The second-order valence-corrected chi connectivity index (χ2v) is 3.84. The number of hydrogen-bond donors (Lipinski definition) is 1. The fourth-order valence-corrected chi connectivity index (χ4v) is 1.67. The maximum absolute atomic E-state index is 12.7. The zero-order chi connectivity index (χ0) is 14.9. The Hall–Kier alpha value is -2.51. The van der Waals surface area contributed by atoms with Crippen LogP contribution < -0.4 is 5.73 Å². The van der Waals surface area contributed by atoms with Gasteiger partial charge in [-0.25, -0.2) is 4.79 Å². The molecule has 0 spiro atoms. The third-order valence-corrected chi connectivity index (χ3v) is 2.58. The largest absolute Gasteiger partial charge is 0.464 e. The molecule has 2 rings (SSSR count). The molecular weight excluding hydrogens is 277 g/mol. The minimum atomic E-state index is -4.51. The van der Waals surface area contributed by atoms with Crippen molar-refractivity contribution in [2.24, 2.45) is 0 Å². The maximum Gasteiger partial charge on any atom is 0.416 e. The lowest BCUT2D eigenvalue weighted by molar-refractivity contribution is -0.137. The first kappa shape index (κ1) is 13.9. The summed E-state index contributed by atoms with van der Waals surface area (Å²) in [6.07, 6.45) is -4.51. The van der Waals surface area contributed by atoms with Gasteiger partial charge in [0, 0.05) is 0 Å². The normalized spacial score (nSPS) is 11.4. The molecule has 20 heavy (non-hydrogen) atoms. The second-order valence-electron chi connectivity index (χ2n) is 3.84. The number of rotatable bonds is 2. The topological polar surface area (TPSA) is 78.3 Å². The van der Waals surface area contributed by atoms with Crippen LogP contribution in [0, 0.1) is 0 Å². The smallest absolute Gasteiger partial charge is 0.416 e. The molecule has 0 saturated carbocycles. The third kappa shape index (κ3) is 2.44. The highest BCUT2D eigenvalue weighted by molar-refractivity contribution is 5.97. The van der Waals surface area contributed by atoms with Gasteiger partial charge in [-0.05, 0) is 17.7 Å². The minimum absolute atomic E-state index is 0.0250. The summed E-state index contributed by atoms with van der Waals surface area (Å²) in [7, 11) is 1.11. The Morgan fingerprint density at radius 2 is 2.10 bits per heavy atom.